The molecule has 0 bridgehead atoms. The minimum atomic E-state index is -2.71. The van der Waals surface area contributed by atoms with Gasteiger partial charge in [0.1, 0.15) is 0 Å². The van der Waals surface area contributed by atoms with Crippen molar-refractivity contribution in [2.75, 3.05) is 13.2 Å². The van der Waals surface area contributed by atoms with E-state index in [1.807, 2.05) is 12.1 Å². The third-order valence-corrected chi connectivity index (χ3v) is 7.02. The average Bonchev–Trinajstić information content (AvgIpc) is 3.38. The van der Waals surface area contributed by atoms with Crippen molar-refractivity contribution >= 4 is 6.09 Å². The highest BCUT2D eigenvalue weighted by Gasteiger charge is 2.38. The van der Waals surface area contributed by atoms with Crippen LogP contribution < -0.4 is 0 Å². The lowest BCUT2D eigenvalue weighted by Gasteiger charge is -2.41. The minimum absolute atomic E-state index is 0.00341. The molecule has 6 nitrogen and oxygen atoms in total. The van der Waals surface area contributed by atoms with E-state index in [1.165, 1.54) is 12.5 Å². The van der Waals surface area contributed by atoms with Gasteiger partial charge in [-0.25, -0.2) is 13.6 Å². The van der Waals surface area contributed by atoms with Crippen LogP contribution in [0.15, 0.2) is 42.6 Å². The molecule has 4 rings (SSSR count). The molecule has 1 aromatic carbocycles. The number of ether oxygens (including phenoxy) is 2. The van der Waals surface area contributed by atoms with Crippen LogP contribution in [0.4, 0.5) is 13.6 Å². The molecule has 1 aromatic heterocycles. The number of nitrogens with one attached hydrogen (secondary N) is 1. The normalized spacial score (nSPS) is 26.8. The highest BCUT2D eigenvalue weighted by molar-refractivity contribution is 5.68. The number of aromatic amines is 1. The molecule has 2 aliphatic rings. The van der Waals surface area contributed by atoms with E-state index in [1.54, 1.807) is 11.1 Å². The Balaban J connectivity index is 1.39. The number of halogens is 2. The molecule has 180 valence electrons. The summed E-state index contributed by atoms with van der Waals surface area (Å²) in [7, 11) is 0. The predicted molar refractivity (Wildman–Crippen MR) is 120 cm³/mol. The van der Waals surface area contributed by atoms with Crippen molar-refractivity contribution in [2.24, 2.45) is 0 Å². The quantitative estimate of drug-likeness (QED) is 0.592. The molecule has 2 fully saturated rings. The van der Waals surface area contributed by atoms with E-state index < -0.39 is 18.6 Å². The van der Waals surface area contributed by atoms with Crippen LogP contribution in [0.3, 0.4) is 0 Å². The molecular weight excluding hydrogens is 428 g/mol. The second kappa shape index (κ2) is 11.1. The van der Waals surface area contributed by atoms with Gasteiger partial charge in [-0.1, -0.05) is 30.3 Å². The molecule has 8 heteroatoms. The van der Waals surface area contributed by atoms with Crippen LogP contribution in [-0.4, -0.2) is 59.0 Å². The van der Waals surface area contributed by atoms with Gasteiger partial charge < -0.3 is 14.4 Å². The number of aromatic nitrogens is 2. The zero-order chi connectivity index (χ0) is 23.2. The van der Waals surface area contributed by atoms with Crippen LogP contribution in [0.1, 0.15) is 68.5 Å². The van der Waals surface area contributed by atoms with Crippen molar-refractivity contribution in [1.82, 2.24) is 15.1 Å². The van der Waals surface area contributed by atoms with Gasteiger partial charge in [0.25, 0.3) is 6.43 Å². The number of carbonyl (C=O) groups is 1. The monoisotopic (exact) mass is 461 g/mol. The van der Waals surface area contributed by atoms with E-state index in [4.69, 9.17) is 9.47 Å². The molecule has 2 heterocycles. The summed E-state index contributed by atoms with van der Waals surface area (Å²) < 4.78 is 37.3. The summed E-state index contributed by atoms with van der Waals surface area (Å²) in [5.41, 5.74) is 2.31. The molecule has 1 aliphatic heterocycles. The second-order valence-corrected chi connectivity index (χ2v) is 9.16. The van der Waals surface area contributed by atoms with Crippen molar-refractivity contribution in [3.63, 3.8) is 0 Å². The first-order valence-corrected chi connectivity index (χ1v) is 11.9. The fourth-order valence-electron chi connectivity index (χ4n) is 5.13. The largest absolute Gasteiger partial charge is 0.440 e. The topological polar surface area (TPSA) is 67.5 Å². The minimum Gasteiger partial charge on any atom is -0.440 e. The molecule has 1 amide bonds. The smallest absolute Gasteiger partial charge is 0.410 e. The fraction of sp³-hybridized carbons (Fsp3) is 0.600. The van der Waals surface area contributed by atoms with Crippen molar-refractivity contribution in [3.8, 4) is 0 Å². The SMILES string of the molecule is CC(OC(=O)N1CCC[C@H](c2ccn[nH]2)[C@@H]1COC1CCC(c2ccccc2)CC1)C(F)F. The number of hydrogen-bond donors (Lipinski definition) is 1. The molecule has 1 N–H and O–H groups in total. The third kappa shape index (κ3) is 5.91. The number of alkyl halides is 2. The molecule has 0 radical (unpaired) electrons. The maximum atomic E-state index is 13.0. The number of rotatable bonds is 7. The summed E-state index contributed by atoms with van der Waals surface area (Å²) in [6.45, 7) is 2.03. The first-order valence-electron chi connectivity index (χ1n) is 11.9. The Morgan fingerprint density at radius 2 is 1.91 bits per heavy atom. The average molecular weight is 462 g/mol. The third-order valence-electron chi connectivity index (χ3n) is 7.02. The lowest BCUT2D eigenvalue weighted by molar-refractivity contribution is -0.0493. The predicted octanol–water partition coefficient (Wildman–Crippen LogP) is 5.49. The maximum absolute atomic E-state index is 13.0. The Morgan fingerprint density at radius 1 is 1.15 bits per heavy atom. The number of amides is 1. The fourth-order valence-corrected chi connectivity index (χ4v) is 5.13. The summed E-state index contributed by atoms with van der Waals surface area (Å²) >= 11 is 0. The van der Waals surface area contributed by atoms with Crippen LogP contribution in [0.25, 0.3) is 0 Å². The number of hydrogen-bond acceptors (Lipinski definition) is 4. The standard InChI is InChI=1S/C25H33F2N3O3/c1-17(24(26)27)33-25(31)30-15-5-8-21(22-13-14-28-29-22)23(30)16-32-20-11-9-19(10-12-20)18-6-3-2-4-7-18/h2-4,6-7,13-14,17,19-21,23-24H,5,8-12,15-16H2,1H3,(H,28,29)/t17?,19?,20?,21-,23+/m1/s1. The van der Waals surface area contributed by atoms with Gasteiger partial charge in [-0.15, -0.1) is 0 Å². The number of carbonyl (C=O) groups excluding carboxylic acids is 1. The lowest BCUT2D eigenvalue weighted by atomic mass is 9.82. The molecular formula is C25H33F2N3O3. The second-order valence-electron chi connectivity index (χ2n) is 9.16. The Hall–Kier alpha value is -2.48. The Labute approximate surface area is 193 Å². The van der Waals surface area contributed by atoms with Gasteiger partial charge in [0.05, 0.1) is 18.8 Å². The van der Waals surface area contributed by atoms with E-state index in [0.29, 0.717) is 19.1 Å². The van der Waals surface area contributed by atoms with Gasteiger partial charge in [-0.3, -0.25) is 5.10 Å². The van der Waals surface area contributed by atoms with Crippen LogP contribution >= 0.6 is 0 Å². The van der Waals surface area contributed by atoms with Gasteiger partial charge in [0.15, 0.2) is 6.10 Å². The van der Waals surface area contributed by atoms with Crippen molar-refractivity contribution in [3.05, 3.63) is 53.9 Å². The molecule has 1 aliphatic carbocycles. The number of H-pyrrole nitrogens is 1. The molecule has 0 spiro atoms. The van der Waals surface area contributed by atoms with Gasteiger partial charge >= 0.3 is 6.09 Å². The molecule has 1 unspecified atom stereocenters. The number of likely N-dealkylation sites (tertiary alicyclic amines) is 1. The molecule has 3 atom stereocenters. The number of benzene rings is 1. The highest BCUT2D eigenvalue weighted by Crippen LogP contribution is 2.36. The van der Waals surface area contributed by atoms with E-state index in [-0.39, 0.29) is 18.1 Å². The zero-order valence-corrected chi connectivity index (χ0v) is 19.0. The first-order chi connectivity index (χ1) is 16.0. The van der Waals surface area contributed by atoms with E-state index >= 15 is 0 Å². The molecule has 1 saturated heterocycles. The summed E-state index contributed by atoms with van der Waals surface area (Å²) in [6.07, 6.45) is 2.67. The number of piperidine rings is 1. The van der Waals surface area contributed by atoms with Gasteiger partial charge in [0, 0.05) is 24.4 Å². The van der Waals surface area contributed by atoms with E-state index in [0.717, 1.165) is 44.2 Å². The van der Waals surface area contributed by atoms with Crippen molar-refractivity contribution < 1.29 is 23.0 Å². The molecule has 1 saturated carbocycles. The van der Waals surface area contributed by atoms with Gasteiger partial charge in [-0.05, 0) is 63.0 Å². The molecule has 33 heavy (non-hydrogen) atoms. The van der Waals surface area contributed by atoms with Crippen LogP contribution in [0.2, 0.25) is 0 Å². The van der Waals surface area contributed by atoms with Crippen LogP contribution in [0.5, 0.6) is 0 Å². The zero-order valence-electron chi connectivity index (χ0n) is 19.0. The van der Waals surface area contributed by atoms with E-state index in [2.05, 4.69) is 34.5 Å². The highest BCUT2D eigenvalue weighted by atomic mass is 19.3. The maximum Gasteiger partial charge on any atom is 0.410 e. The lowest BCUT2D eigenvalue weighted by Crippen LogP contribution is -2.51. The van der Waals surface area contributed by atoms with Gasteiger partial charge in [0.2, 0.25) is 0 Å². The summed E-state index contributed by atoms with van der Waals surface area (Å²) in [5, 5.41) is 7.07. The van der Waals surface area contributed by atoms with Crippen LogP contribution in [-0.2, 0) is 9.47 Å². The number of nitrogens with zero attached hydrogens (tertiary/aromatic N) is 2. The summed E-state index contributed by atoms with van der Waals surface area (Å²) in [5.74, 6) is 0.553. The first kappa shape index (κ1) is 23.7. The Morgan fingerprint density at radius 3 is 2.58 bits per heavy atom. The van der Waals surface area contributed by atoms with E-state index in [9.17, 15) is 13.6 Å². The Bertz CT molecular complexity index is 857. The molecule has 2 aromatic rings. The van der Waals surface area contributed by atoms with Gasteiger partial charge in [-0.2, -0.15) is 5.10 Å². The van der Waals surface area contributed by atoms with Crippen molar-refractivity contribution in [1.29, 1.82) is 0 Å². The summed E-state index contributed by atoms with van der Waals surface area (Å²) in [6, 6.07) is 12.2. The summed E-state index contributed by atoms with van der Waals surface area (Å²) in [4.78, 5) is 14.4. The van der Waals surface area contributed by atoms with Crippen LogP contribution in [0, 0.1) is 0 Å². The Kier molecular flexibility index (Phi) is 7.96. The van der Waals surface area contributed by atoms with Crippen molar-refractivity contribution in [2.45, 2.75) is 82.0 Å².